The molecule has 1 aliphatic rings. The zero-order valence-corrected chi connectivity index (χ0v) is 7.89. The molecule has 62 valence electrons. The van der Waals surface area contributed by atoms with E-state index in [1.165, 1.54) is 22.3 Å². The van der Waals surface area contributed by atoms with Gasteiger partial charge >= 0.3 is 0 Å². The predicted octanol–water partition coefficient (Wildman–Crippen LogP) is 3.43. The molecule has 0 radical (unpaired) electrons. The first-order valence-corrected chi connectivity index (χ1v) is 4.48. The van der Waals surface area contributed by atoms with Crippen LogP contribution in [0, 0.1) is 13.8 Å². The first kappa shape index (κ1) is 7.60. The molecule has 1 aliphatic carbocycles. The number of hydrogen-bond donors (Lipinski definition) is 0. The van der Waals surface area contributed by atoms with E-state index in [0.717, 1.165) is 0 Å². The van der Waals surface area contributed by atoms with Gasteiger partial charge in [0.1, 0.15) is 0 Å². The lowest BCUT2D eigenvalue weighted by molar-refractivity contribution is 0.984. The van der Waals surface area contributed by atoms with Crippen LogP contribution < -0.4 is 0 Å². The minimum Gasteiger partial charge on any atom is -0.0767 e. The van der Waals surface area contributed by atoms with Crippen LogP contribution in [0.25, 0.3) is 6.08 Å². The Bertz CT molecular complexity index is 345. The second-order valence-corrected chi connectivity index (χ2v) is 3.73. The van der Waals surface area contributed by atoms with Crippen LogP contribution in [-0.2, 0) is 0 Å². The van der Waals surface area contributed by atoms with E-state index >= 15 is 0 Å². The monoisotopic (exact) mass is 158 g/mol. The molecule has 2 rings (SSSR count). The topological polar surface area (TPSA) is 0 Å². The molecule has 1 aromatic rings. The van der Waals surface area contributed by atoms with Crippen LogP contribution in [0.4, 0.5) is 0 Å². The van der Waals surface area contributed by atoms with Crippen molar-refractivity contribution in [2.24, 2.45) is 0 Å². The predicted molar refractivity (Wildman–Crippen MR) is 53.4 cm³/mol. The van der Waals surface area contributed by atoms with Gasteiger partial charge in [-0.1, -0.05) is 36.8 Å². The highest BCUT2D eigenvalue weighted by Gasteiger charge is 2.14. The standard InChI is InChI=1S/C12H14/c1-8-6-10(3)11-5-4-9(2)12(11)7-8/h4-7,9H,1-3H3. The van der Waals surface area contributed by atoms with Crippen molar-refractivity contribution in [3.05, 3.63) is 40.5 Å². The fourth-order valence-electron chi connectivity index (χ4n) is 1.96. The van der Waals surface area contributed by atoms with Crippen molar-refractivity contribution >= 4 is 6.08 Å². The molecule has 0 N–H and O–H groups in total. The number of allylic oxidation sites excluding steroid dienone is 1. The molecule has 0 spiro atoms. The molecule has 0 fully saturated rings. The van der Waals surface area contributed by atoms with Crippen molar-refractivity contribution in [1.29, 1.82) is 0 Å². The van der Waals surface area contributed by atoms with Gasteiger partial charge in [0.15, 0.2) is 0 Å². The van der Waals surface area contributed by atoms with Gasteiger partial charge in [0.2, 0.25) is 0 Å². The lowest BCUT2D eigenvalue weighted by Gasteiger charge is -2.08. The fraction of sp³-hybridized carbons (Fsp3) is 0.333. The number of fused-ring (bicyclic) bond motifs is 1. The molecule has 0 aromatic heterocycles. The van der Waals surface area contributed by atoms with E-state index in [1.807, 2.05) is 0 Å². The third-order valence-corrected chi connectivity index (χ3v) is 2.61. The second-order valence-electron chi connectivity index (χ2n) is 3.73. The summed E-state index contributed by atoms with van der Waals surface area (Å²) in [5.41, 5.74) is 5.72. The van der Waals surface area contributed by atoms with Crippen molar-refractivity contribution in [1.82, 2.24) is 0 Å². The van der Waals surface area contributed by atoms with Gasteiger partial charge in [0.05, 0.1) is 0 Å². The molecular formula is C12H14. The van der Waals surface area contributed by atoms with Crippen molar-refractivity contribution in [3.8, 4) is 0 Å². The number of hydrogen-bond acceptors (Lipinski definition) is 0. The summed E-state index contributed by atoms with van der Waals surface area (Å²) in [6, 6.07) is 4.55. The van der Waals surface area contributed by atoms with Gasteiger partial charge in [-0.25, -0.2) is 0 Å². The second kappa shape index (κ2) is 2.48. The Morgan fingerprint density at radius 2 is 1.92 bits per heavy atom. The Hall–Kier alpha value is -1.04. The molecule has 1 aromatic carbocycles. The van der Waals surface area contributed by atoms with Crippen LogP contribution >= 0.6 is 0 Å². The molecule has 0 saturated heterocycles. The highest BCUT2D eigenvalue weighted by molar-refractivity contribution is 5.65. The number of benzene rings is 1. The first-order valence-electron chi connectivity index (χ1n) is 4.48. The third kappa shape index (κ3) is 0.989. The third-order valence-electron chi connectivity index (χ3n) is 2.61. The summed E-state index contributed by atoms with van der Waals surface area (Å²) in [6.45, 7) is 6.60. The van der Waals surface area contributed by atoms with Crippen LogP contribution in [-0.4, -0.2) is 0 Å². The van der Waals surface area contributed by atoms with Gasteiger partial charge in [-0.3, -0.25) is 0 Å². The maximum absolute atomic E-state index is 2.30. The summed E-state index contributed by atoms with van der Waals surface area (Å²) in [4.78, 5) is 0. The summed E-state index contributed by atoms with van der Waals surface area (Å²) in [7, 11) is 0. The Morgan fingerprint density at radius 3 is 2.67 bits per heavy atom. The van der Waals surface area contributed by atoms with Gasteiger partial charge in [0, 0.05) is 0 Å². The zero-order valence-electron chi connectivity index (χ0n) is 7.89. The minimum absolute atomic E-state index is 0.610. The molecular weight excluding hydrogens is 144 g/mol. The van der Waals surface area contributed by atoms with Gasteiger partial charge < -0.3 is 0 Å². The van der Waals surface area contributed by atoms with E-state index in [0.29, 0.717) is 5.92 Å². The average molecular weight is 158 g/mol. The van der Waals surface area contributed by atoms with Crippen molar-refractivity contribution in [3.63, 3.8) is 0 Å². The maximum atomic E-state index is 2.30. The summed E-state index contributed by atoms with van der Waals surface area (Å²) >= 11 is 0. The lowest BCUT2D eigenvalue weighted by atomic mass is 9.97. The van der Waals surface area contributed by atoms with E-state index in [9.17, 15) is 0 Å². The Morgan fingerprint density at radius 1 is 1.17 bits per heavy atom. The lowest BCUT2D eigenvalue weighted by Crippen LogP contribution is -1.91. The SMILES string of the molecule is Cc1cc(C)c2c(c1)C(C)C=C2. The normalized spacial score (nSPS) is 19.8. The Labute approximate surface area is 73.9 Å². The van der Waals surface area contributed by atoms with Crippen LogP contribution in [0.5, 0.6) is 0 Å². The first-order chi connectivity index (χ1) is 5.68. The van der Waals surface area contributed by atoms with Crippen molar-refractivity contribution in [2.45, 2.75) is 26.7 Å². The smallest absolute Gasteiger partial charge is 0.0000973 e. The Balaban J connectivity index is 2.66. The van der Waals surface area contributed by atoms with Crippen molar-refractivity contribution in [2.75, 3.05) is 0 Å². The molecule has 0 aliphatic heterocycles. The molecule has 0 amide bonds. The molecule has 1 atom stereocenters. The largest absolute Gasteiger partial charge is 0.0767 e. The van der Waals surface area contributed by atoms with E-state index in [2.05, 4.69) is 45.1 Å². The van der Waals surface area contributed by atoms with Gasteiger partial charge in [-0.15, -0.1) is 0 Å². The van der Waals surface area contributed by atoms with Gasteiger partial charge in [-0.2, -0.15) is 0 Å². The molecule has 12 heavy (non-hydrogen) atoms. The number of rotatable bonds is 0. The maximum Gasteiger partial charge on any atom is -0.0000973 e. The molecule has 1 unspecified atom stereocenters. The van der Waals surface area contributed by atoms with Crippen LogP contribution in [0.3, 0.4) is 0 Å². The summed E-state index contributed by atoms with van der Waals surface area (Å²) in [5.74, 6) is 0.610. The molecule has 0 saturated carbocycles. The van der Waals surface area contributed by atoms with Crippen LogP contribution in [0.2, 0.25) is 0 Å². The van der Waals surface area contributed by atoms with Gasteiger partial charge in [0.25, 0.3) is 0 Å². The zero-order chi connectivity index (χ0) is 8.72. The fourth-order valence-corrected chi connectivity index (χ4v) is 1.96. The van der Waals surface area contributed by atoms with E-state index < -0.39 is 0 Å². The molecule has 0 heterocycles. The van der Waals surface area contributed by atoms with E-state index in [4.69, 9.17) is 0 Å². The summed E-state index contributed by atoms with van der Waals surface area (Å²) in [6.07, 6.45) is 4.52. The highest BCUT2D eigenvalue weighted by atomic mass is 14.2. The minimum atomic E-state index is 0.610. The molecule has 0 nitrogen and oxygen atoms in total. The molecule has 0 heteroatoms. The highest BCUT2D eigenvalue weighted by Crippen LogP contribution is 2.32. The van der Waals surface area contributed by atoms with Crippen molar-refractivity contribution < 1.29 is 0 Å². The van der Waals surface area contributed by atoms with E-state index in [-0.39, 0.29) is 0 Å². The summed E-state index contributed by atoms with van der Waals surface area (Å²) < 4.78 is 0. The van der Waals surface area contributed by atoms with Crippen LogP contribution in [0.15, 0.2) is 18.2 Å². The molecule has 0 bridgehead atoms. The summed E-state index contributed by atoms with van der Waals surface area (Å²) in [5, 5.41) is 0. The van der Waals surface area contributed by atoms with E-state index in [1.54, 1.807) is 0 Å². The quantitative estimate of drug-likeness (QED) is 0.542. The average Bonchev–Trinajstić information content (AvgIpc) is 2.33. The van der Waals surface area contributed by atoms with Crippen LogP contribution in [0.1, 0.15) is 35.1 Å². The number of aryl methyl sites for hydroxylation is 2. The Kier molecular flexibility index (Phi) is 1.57. The van der Waals surface area contributed by atoms with Gasteiger partial charge in [-0.05, 0) is 36.5 Å².